The van der Waals surface area contributed by atoms with Crippen LogP contribution >= 0.6 is 0 Å². The van der Waals surface area contributed by atoms with E-state index < -0.39 is 0 Å². The molecular weight excluding hydrogens is 226 g/mol. The second-order valence-corrected chi connectivity index (χ2v) is 4.27. The van der Waals surface area contributed by atoms with Crippen LogP contribution in [0.3, 0.4) is 0 Å². The van der Waals surface area contributed by atoms with Gasteiger partial charge in [0.25, 0.3) is 0 Å². The van der Waals surface area contributed by atoms with Crippen molar-refractivity contribution in [1.82, 2.24) is 0 Å². The molecule has 1 aromatic carbocycles. The van der Waals surface area contributed by atoms with Crippen molar-refractivity contribution in [3.8, 4) is 17.6 Å². The molecule has 1 aromatic rings. The van der Waals surface area contributed by atoms with E-state index in [9.17, 15) is 0 Å². The van der Waals surface area contributed by atoms with E-state index in [-0.39, 0.29) is 0 Å². The van der Waals surface area contributed by atoms with Crippen LogP contribution in [0.25, 0.3) is 0 Å². The number of rotatable bonds is 4. The number of hydrogen-bond acceptors (Lipinski definition) is 3. The molecule has 0 aliphatic carbocycles. The second kappa shape index (κ2) is 7.05. The summed E-state index contributed by atoms with van der Waals surface area (Å²) < 4.78 is 11.3. The Balaban J connectivity index is 1.87. The molecule has 0 radical (unpaired) electrons. The first-order valence-electron chi connectivity index (χ1n) is 6.42. The van der Waals surface area contributed by atoms with Gasteiger partial charge in [-0.15, -0.1) is 0 Å². The molecular formula is C15H19NO2. The molecule has 1 aliphatic rings. The Morgan fingerprint density at radius 2 is 2.28 bits per heavy atom. The minimum atomic E-state index is 0.365. The SMILES string of the molecule is NCC#Cc1ccccc1OCCC1CCCO1. The van der Waals surface area contributed by atoms with Crippen molar-refractivity contribution in [2.75, 3.05) is 19.8 Å². The van der Waals surface area contributed by atoms with Crippen molar-refractivity contribution in [2.45, 2.75) is 25.4 Å². The standard InChI is InChI=1S/C15H19NO2/c16-10-3-6-13-5-1-2-8-15(13)18-12-9-14-7-4-11-17-14/h1-2,5,8,14H,4,7,9-12,16H2. The van der Waals surface area contributed by atoms with E-state index in [2.05, 4.69) is 11.8 Å². The summed E-state index contributed by atoms with van der Waals surface area (Å²) in [6.07, 6.45) is 3.63. The van der Waals surface area contributed by atoms with Crippen LogP contribution in [0.4, 0.5) is 0 Å². The second-order valence-electron chi connectivity index (χ2n) is 4.27. The van der Waals surface area contributed by atoms with Gasteiger partial charge in [-0.3, -0.25) is 0 Å². The zero-order valence-electron chi connectivity index (χ0n) is 10.5. The third-order valence-corrected chi connectivity index (χ3v) is 2.93. The van der Waals surface area contributed by atoms with Crippen molar-refractivity contribution >= 4 is 0 Å². The molecule has 0 bridgehead atoms. The van der Waals surface area contributed by atoms with Crippen LogP contribution in [0.1, 0.15) is 24.8 Å². The number of benzene rings is 1. The third-order valence-electron chi connectivity index (χ3n) is 2.93. The molecule has 1 atom stereocenters. The first-order chi connectivity index (χ1) is 8.90. The van der Waals surface area contributed by atoms with Crippen LogP contribution in [-0.4, -0.2) is 25.9 Å². The molecule has 1 unspecified atom stereocenters. The summed E-state index contributed by atoms with van der Waals surface area (Å²) >= 11 is 0. The van der Waals surface area contributed by atoms with E-state index in [4.69, 9.17) is 15.2 Å². The molecule has 1 heterocycles. The molecule has 0 saturated carbocycles. The summed E-state index contributed by atoms with van der Waals surface area (Å²) in [7, 11) is 0. The Labute approximate surface area is 108 Å². The zero-order valence-corrected chi connectivity index (χ0v) is 10.5. The van der Waals surface area contributed by atoms with Gasteiger partial charge < -0.3 is 15.2 Å². The number of para-hydroxylation sites is 1. The molecule has 18 heavy (non-hydrogen) atoms. The average molecular weight is 245 g/mol. The highest BCUT2D eigenvalue weighted by Crippen LogP contribution is 2.19. The monoisotopic (exact) mass is 245 g/mol. The summed E-state index contributed by atoms with van der Waals surface area (Å²) in [5.74, 6) is 6.70. The lowest BCUT2D eigenvalue weighted by atomic mass is 10.2. The van der Waals surface area contributed by atoms with Gasteiger partial charge in [0.1, 0.15) is 5.75 Å². The molecule has 0 amide bonds. The van der Waals surface area contributed by atoms with Crippen molar-refractivity contribution < 1.29 is 9.47 Å². The van der Waals surface area contributed by atoms with Crippen molar-refractivity contribution in [3.63, 3.8) is 0 Å². The topological polar surface area (TPSA) is 44.5 Å². The van der Waals surface area contributed by atoms with E-state index in [1.807, 2.05) is 24.3 Å². The molecule has 2 rings (SSSR count). The van der Waals surface area contributed by atoms with Crippen LogP contribution < -0.4 is 10.5 Å². The Morgan fingerprint density at radius 3 is 3.06 bits per heavy atom. The third kappa shape index (κ3) is 3.76. The van der Waals surface area contributed by atoms with Crippen molar-refractivity contribution in [3.05, 3.63) is 29.8 Å². The van der Waals surface area contributed by atoms with Gasteiger partial charge in [0.15, 0.2) is 0 Å². The van der Waals surface area contributed by atoms with E-state index >= 15 is 0 Å². The van der Waals surface area contributed by atoms with Gasteiger partial charge in [-0.25, -0.2) is 0 Å². The first-order valence-corrected chi connectivity index (χ1v) is 6.42. The minimum Gasteiger partial charge on any atom is -0.492 e. The van der Waals surface area contributed by atoms with Gasteiger partial charge in [0.05, 0.1) is 24.8 Å². The van der Waals surface area contributed by atoms with Gasteiger partial charge in [0.2, 0.25) is 0 Å². The summed E-state index contributed by atoms with van der Waals surface area (Å²) in [5, 5.41) is 0. The van der Waals surface area contributed by atoms with E-state index in [1.165, 1.54) is 6.42 Å². The van der Waals surface area contributed by atoms with Crippen LogP contribution in [0.5, 0.6) is 5.75 Å². The van der Waals surface area contributed by atoms with E-state index in [0.717, 1.165) is 30.8 Å². The van der Waals surface area contributed by atoms with Crippen molar-refractivity contribution in [2.24, 2.45) is 5.73 Å². The fourth-order valence-electron chi connectivity index (χ4n) is 2.01. The maximum absolute atomic E-state index is 5.77. The fraction of sp³-hybridized carbons (Fsp3) is 0.467. The highest BCUT2D eigenvalue weighted by atomic mass is 16.5. The molecule has 96 valence electrons. The molecule has 1 saturated heterocycles. The Kier molecular flexibility index (Phi) is 5.07. The normalized spacial score (nSPS) is 18.2. The predicted octanol–water partition coefficient (Wildman–Crippen LogP) is 1.94. The van der Waals surface area contributed by atoms with E-state index in [0.29, 0.717) is 19.3 Å². The van der Waals surface area contributed by atoms with Crippen molar-refractivity contribution in [1.29, 1.82) is 0 Å². The number of ether oxygens (including phenoxy) is 2. The molecule has 1 fully saturated rings. The largest absolute Gasteiger partial charge is 0.492 e. The number of nitrogens with two attached hydrogens (primary N) is 1. The summed E-state index contributed by atoms with van der Waals surface area (Å²) in [5.41, 5.74) is 6.28. The number of hydrogen-bond donors (Lipinski definition) is 1. The molecule has 3 nitrogen and oxygen atoms in total. The minimum absolute atomic E-state index is 0.365. The van der Waals surface area contributed by atoms with Crippen LogP contribution in [0, 0.1) is 11.8 Å². The van der Waals surface area contributed by atoms with Crippen LogP contribution in [-0.2, 0) is 4.74 Å². The smallest absolute Gasteiger partial charge is 0.134 e. The molecule has 2 N–H and O–H groups in total. The van der Waals surface area contributed by atoms with Gasteiger partial charge >= 0.3 is 0 Å². The highest BCUT2D eigenvalue weighted by molar-refractivity contribution is 5.45. The van der Waals surface area contributed by atoms with Gasteiger partial charge in [-0.1, -0.05) is 24.0 Å². The maximum atomic E-state index is 5.77. The molecule has 0 spiro atoms. The quantitative estimate of drug-likeness (QED) is 0.825. The zero-order chi connectivity index (χ0) is 12.6. The molecule has 1 aliphatic heterocycles. The van der Waals surface area contributed by atoms with Gasteiger partial charge in [-0.05, 0) is 25.0 Å². The van der Waals surface area contributed by atoms with Crippen LogP contribution in [0.15, 0.2) is 24.3 Å². The Bertz CT molecular complexity index is 428. The Morgan fingerprint density at radius 1 is 1.39 bits per heavy atom. The summed E-state index contributed by atoms with van der Waals surface area (Å²) in [6, 6.07) is 7.79. The molecule has 3 heteroatoms. The molecule has 0 aromatic heterocycles. The lowest BCUT2D eigenvalue weighted by Gasteiger charge is -2.11. The van der Waals surface area contributed by atoms with Crippen LogP contribution in [0.2, 0.25) is 0 Å². The van der Waals surface area contributed by atoms with Gasteiger partial charge in [0, 0.05) is 13.0 Å². The average Bonchev–Trinajstić information content (AvgIpc) is 2.91. The van der Waals surface area contributed by atoms with E-state index in [1.54, 1.807) is 0 Å². The highest BCUT2D eigenvalue weighted by Gasteiger charge is 2.15. The summed E-state index contributed by atoms with van der Waals surface area (Å²) in [4.78, 5) is 0. The van der Waals surface area contributed by atoms with Gasteiger partial charge in [-0.2, -0.15) is 0 Å². The first kappa shape index (κ1) is 12.9. The Hall–Kier alpha value is -1.50. The lowest BCUT2D eigenvalue weighted by Crippen LogP contribution is -2.11. The maximum Gasteiger partial charge on any atom is 0.134 e. The lowest BCUT2D eigenvalue weighted by molar-refractivity contribution is 0.0903. The summed E-state index contributed by atoms with van der Waals surface area (Å²) in [6.45, 7) is 1.93. The predicted molar refractivity (Wildman–Crippen MR) is 71.5 cm³/mol. The fourth-order valence-corrected chi connectivity index (χ4v) is 2.01.